The van der Waals surface area contributed by atoms with Crippen LogP contribution in [0.4, 0.5) is 5.69 Å². The quantitative estimate of drug-likeness (QED) is 0.643. The van der Waals surface area contributed by atoms with Crippen molar-refractivity contribution in [2.75, 3.05) is 32.6 Å². The van der Waals surface area contributed by atoms with Crippen molar-refractivity contribution in [3.05, 3.63) is 54.1 Å². The first-order valence-electron chi connectivity index (χ1n) is 8.33. The van der Waals surface area contributed by atoms with Crippen molar-refractivity contribution in [3.8, 4) is 11.8 Å². The lowest BCUT2D eigenvalue weighted by Gasteiger charge is -2.12. The zero-order valence-electron chi connectivity index (χ0n) is 15.8. The number of hydrogen-bond acceptors (Lipinski definition) is 7. The van der Waals surface area contributed by atoms with E-state index in [2.05, 4.69) is 5.32 Å². The first kappa shape index (κ1) is 21.9. The highest BCUT2D eigenvalue weighted by Crippen LogP contribution is 2.18. The van der Waals surface area contributed by atoms with Crippen molar-refractivity contribution in [2.45, 2.75) is 4.90 Å². The number of nitriles is 1. The normalized spacial score (nSPS) is 10.8. The molecule has 0 heterocycles. The summed E-state index contributed by atoms with van der Waals surface area (Å²) in [5.41, 5.74) is 0.710. The van der Waals surface area contributed by atoms with Gasteiger partial charge in [-0.3, -0.25) is 4.79 Å². The predicted octanol–water partition coefficient (Wildman–Crippen LogP) is 1.37. The van der Waals surface area contributed by atoms with Gasteiger partial charge in [0.1, 0.15) is 5.75 Å². The molecule has 1 amide bonds. The first-order valence-corrected chi connectivity index (χ1v) is 9.77. The highest BCUT2D eigenvalue weighted by atomic mass is 32.2. The molecule has 29 heavy (non-hydrogen) atoms. The zero-order chi connectivity index (χ0) is 21.4. The van der Waals surface area contributed by atoms with Gasteiger partial charge in [0.25, 0.3) is 5.91 Å². The Bertz CT molecular complexity index is 1030. The molecule has 0 aliphatic heterocycles. The molecule has 0 saturated heterocycles. The minimum Gasteiger partial charge on any atom is -0.482 e. The summed E-state index contributed by atoms with van der Waals surface area (Å²) in [6, 6.07) is 13.8. The lowest BCUT2D eigenvalue weighted by molar-refractivity contribution is -0.149. The molecule has 9 nitrogen and oxygen atoms in total. The average Bonchev–Trinajstić information content (AvgIpc) is 2.71. The second kappa shape index (κ2) is 9.68. The van der Waals surface area contributed by atoms with Gasteiger partial charge < -0.3 is 14.8 Å². The maximum absolute atomic E-state index is 12.1. The molecule has 1 N–H and O–H groups in total. The summed E-state index contributed by atoms with van der Waals surface area (Å²) in [6.45, 7) is -0.962. The third kappa shape index (κ3) is 6.31. The van der Waals surface area contributed by atoms with E-state index in [0.29, 0.717) is 11.3 Å². The topological polar surface area (TPSA) is 126 Å². The van der Waals surface area contributed by atoms with Gasteiger partial charge in [0.2, 0.25) is 10.0 Å². The van der Waals surface area contributed by atoms with Crippen LogP contribution in [0.1, 0.15) is 5.56 Å². The molecule has 0 saturated carbocycles. The molecule has 0 bridgehead atoms. The van der Waals surface area contributed by atoms with Crippen LogP contribution in [-0.4, -0.2) is 51.9 Å². The fraction of sp³-hybridized carbons (Fsp3) is 0.211. The molecule has 0 fully saturated rings. The van der Waals surface area contributed by atoms with Crippen LogP contribution < -0.4 is 10.1 Å². The van der Waals surface area contributed by atoms with E-state index in [1.54, 1.807) is 12.1 Å². The van der Waals surface area contributed by atoms with Crippen molar-refractivity contribution >= 4 is 27.6 Å². The van der Waals surface area contributed by atoms with E-state index < -0.39 is 35.1 Å². The van der Waals surface area contributed by atoms with Crippen LogP contribution in [0.2, 0.25) is 0 Å². The van der Waals surface area contributed by atoms with Crippen molar-refractivity contribution in [3.63, 3.8) is 0 Å². The predicted molar refractivity (Wildman–Crippen MR) is 104 cm³/mol. The molecule has 0 aliphatic carbocycles. The number of benzene rings is 2. The monoisotopic (exact) mass is 417 g/mol. The molecule has 2 aromatic carbocycles. The Kier molecular flexibility index (Phi) is 7.30. The summed E-state index contributed by atoms with van der Waals surface area (Å²) in [5, 5.41) is 11.2. The summed E-state index contributed by atoms with van der Waals surface area (Å²) in [5.74, 6) is -1.01. The molecule has 2 rings (SSSR count). The van der Waals surface area contributed by atoms with Gasteiger partial charge >= 0.3 is 5.97 Å². The molecule has 152 valence electrons. The number of hydrogen-bond donors (Lipinski definition) is 1. The molecule has 0 aliphatic rings. The van der Waals surface area contributed by atoms with Gasteiger partial charge in [-0.15, -0.1) is 0 Å². The Morgan fingerprint density at radius 3 is 2.41 bits per heavy atom. The van der Waals surface area contributed by atoms with Gasteiger partial charge in [0, 0.05) is 19.8 Å². The Hall–Kier alpha value is -3.42. The Balaban J connectivity index is 1.83. The first-order chi connectivity index (χ1) is 13.7. The van der Waals surface area contributed by atoms with Crippen molar-refractivity contribution < 1.29 is 27.5 Å². The fourth-order valence-corrected chi connectivity index (χ4v) is 3.05. The second-order valence-electron chi connectivity index (χ2n) is 5.95. The maximum atomic E-state index is 12.1. The highest BCUT2D eigenvalue weighted by Gasteiger charge is 2.18. The zero-order valence-corrected chi connectivity index (χ0v) is 16.6. The fourth-order valence-electron chi connectivity index (χ4n) is 2.10. The minimum absolute atomic E-state index is 0.0214. The summed E-state index contributed by atoms with van der Waals surface area (Å²) in [4.78, 5) is 23.7. The van der Waals surface area contributed by atoms with E-state index in [4.69, 9.17) is 14.7 Å². The second-order valence-corrected chi connectivity index (χ2v) is 8.10. The smallest absolute Gasteiger partial charge is 0.344 e. The van der Waals surface area contributed by atoms with E-state index in [1.807, 2.05) is 6.07 Å². The van der Waals surface area contributed by atoms with E-state index in [-0.39, 0.29) is 10.6 Å². The third-order valence-corrected chi connectivity index (χ3v) is 5.41. The number of nitrogens with zero attached hydrogens (tertiary/aromatic N) is 2. The number of rotatable bonds is 8. The van der Waals surface area contributed by atoms with Crippen LogP contribution >= 0.6 is 0 Å². The third-order valence-electron chi connectivity index (χ3n) is 3.60. The van der Waals surface area contributed by atoms with Crippen LogP contribution in [0, 0.1) is 11.3 Å². The minimum atomic E-state index is -3.64. The summed E-state index contributed by atoms with van der Waals surface area (Å²) in [7, 11) is -0.831. The number of amides is 1. The number of anilines is 1. The highest BCUT2D eigenvalue weighted by molar-refractivity contribution is 7.89. The molecule has 0 spiro atoms. The Labute approximate surface area is 168 Å². The number of esters is 1. The standard InChI is InChI=1S/C19H19N3O6S/c1-22(2)29(25,26)17-5-3-4-15(10-17)21-18(23)12-28-19(24)13-27-16-8-6-14(11-20)7-9-16/h3-10H,12-13H2,1-2H3,(H,21,23). The molecule has 0 aromatic heterocycles. The van der Waals surface area contributed by atoms with E-state index in [0.717, 1.165) is 4.31 Å². The maximum Gasteiger partial charge on any atom is 0.344 e. The molecule has 0 unspecified atom stereocenters. The van der Waals surface area contributed by atoms with Gasteiger partial charge in [0.15, 0.2) is 13.2 Å². The molecular weight excluding hydrogens is 398 g/mol. The van der Waals surface area contributed by atoms with E-state index in [1.165, 1.54) is 50.5 Å². The molecule has 0 radical (unpaired) electrons. The number of ether oxygens (including phenoxy) is 2. The Morgan fingerprint density at radius 2 is 1.79 bits per heavy atom. The van der Waals surface area contributed by atoms with Crippen LogP contribution in [0.25, 0.3) is 0 Å². The Morgan fingerprint density at radius 1 is 1.10 bits per heavy atom. The summed E-state index contributed by atoms with van der Waals surface area (Å²) in [6.07, 6.45) is 0. The van der Waals surface area contributed by atoms with Crippen LogP contribution in [0.5, 0.6) is 5.75 Å². The van der Waals surface area contributed by atoms with Crippen LogP contribution in [0.3, 0.4) is 0 Å². The van der Waals surface area contributed by atoms with Gasteiger partial charge in [-0.25, -0.2) is 17.5 Å². The molecular formula is C19H19N3O6S. The van der Waals surface area contributed by atoms with Crippen LogP contribution in [0.15, 0.2) is 53.4 Å². The van der Waals surface area contributed by atoms with Crippen molar-refractivity contribution in [1.82, 2.24) is 4.31 Å². The van der Waals surface area contributed by atoms with E-state index in [9.17, 15) is 18.0 Å². The SMILES string of the molecule is CN(C)S(=O)(=O)c1cccc(NC(=O)COC(=O)COc2ccc(C#N)cc2)c1. The van der Waals surface area contributed by atoms with Crippen LogP contribution in [-0.2, 0) is 24.3 Å². The number of carbonyl (C=O) groups excluding carboxylic acids is 2. The number of carbonyl (C=O) groups is 2. The van der Waals surface area contributed by atoms with Gasteiger partial charge in [-0.05, 0) is 42.5 Å². The molecule has 0 atom stereocenters. The number of nitrogens with one attached hydrogen (secondary N) is 1. The largest absolute Gasteiger partial charge is 0.482 e. The lowest BCUT2D eigenvalue weighted by atomic mass is 10.2. The van der Waals surface area contributed by atoms with E-state index >= 15 is 0 Å². The summed E-state index contributed by atoms with van der Waals surface area (Å²) >= 11 is 0. The summed E-state index contributed by atoms with van der Waals surface area (Å²) < 4.78 is 35.3. The average molecular weight is 417 g/mol. The molecule has 2 aromatic rings. The number of sulfonamides is 1. The van der Waals surface area contributed by atoms with Gasteiger partial charge in [-0.1, -0.05) is 6.07 Å². The molecule has 10 heteroatoms. The van der Waals surface area contributed by atoms with Crippen molar-refractivity contribution in [2.24, 2.45) is 0 Å². The van der Waals surface area contributed by atoms with Crippen molar-refractivity contribution in [1.29, 1.82) is 5.26 Å². The van der Waals surface area contributed by atoms with Gasteiger partial charge in [0.05, 0.1) is 16.5 Å². The van der Waals surface area contributed by atoms with Gasteiger partial charge in [-0.2, -0.15) is 5.26 Å². The lowest BCUT2D eigenvalue weighted by Crippen LogP contribution is -2.24.